The van der Waals surface area contributed by atoms with Crippen molar-refractivity contribution in [3.63, 3.8) is 0 Å². The van der Waals surface area contributed by atoms with Crippen molar-refractivity contribution in [1.82, 2.24) is 0 Å². The van der Waals surface area contributed by atoms with Gasteiger partial charge in [0.05, 0.1) is 16.1 Å². The van der Waals surface area contributed by atoms with E-state index in [-0.39, 0.29) is 21.9 Å². The number of hydrogen-bond donors (Lipinski definition) is 2. The number of amides is 1. The summed E-state index contributed by atoms with van der Waals surface area (Å²) in [6.07, 6.45) is 0. The molecule has 0 unspecified atom stereocenters. The Hall–Kier alpha value is -3.13. The summed E-state index contributed by atoms with van der Waals surface area (Å²) >= 11 is 5.89. The summed E-state index contributed by atoms with van der Waals surface area (Å²) in [5.41, 5.74) is -1.52. The number of rotatable bonds is 5. The molecule has 132 valence electrons. The fourth-order valence-corrected chi connectivity index (χ4v) is 2.14. The number of benzene rings is 2. The molecule has 0 fully saturated rings. The molecule has 1 atom stereocenters. The third-order valence-electron chi connectivity index (χ3n) is 3.42. The highest BCUT2D eigenvalue weighted by atomic mass is 35.5. The zero-order valence-corrected chi connectivity index (χ0v) is 14.3. The lowest BCUT2D eigenvalue weighted by Gasteiger charge is -2.22. The van der Waals surface area contributed by atoms with Crippen LogP contribution in [-0.2, 0) is 4.79 Å². The first-order valence-corrected chi connectivity index (χ1v) is 7.70. The molecule has 0 aliphatic carbocycles. The zero-order valence-electron chi connectivity index (χ0n) is 13.6. The summed E-state index contributed by atoms with van der Waals surface area (Å²) in [5.74, 6) is -1.47. The minimum Gasteiger partial charge on any atom is -0.490 e. The van der Waals surface area contributed by atoms with Crippen molar-refractivity contribution >= 4 is 23.2 Å². The Labute approximate surface area is 154 Å². The van der Waals surface area contributed by atoms with Gasteiger partial charge in [-0.05, 0) is 37.3 Å². The average Bonchev–Trinajstić information content (AvgIpc) is 2.60. The second kappa shape index (κ2) is 7.83. The highest BCUT2D eigenvalue weighted by Gasteiger charge is 2.31. The Bertz CT molecular complexity index is 932. The SMILES string of the molecule is C[C@](O)(COc1ccc(C#N)c(F)c1)C(=O)Nc1ccc(C#N)c(Cl)c1. The molecule has 26 heavy (non-hydrogen) atoms. The minimum absolute atomic E-state index is 0.0657. The first kappa shape index (κ1) is 19.2. The Morgan fingerprint density at radius 3 is 2.50 bits per heavy atom. The van der Waals surface area contributed by atoms with E-state index < -0.39 is 23.9 Å². The van der Waals surface area contributed by atoms with Gasteiger partial charge in [-0.15, -0.1) is 0 Å². The van der Waals surface area contributed by atoms with Gasteiger partial charge in [-0.3, -0.25) is 4.79 Å². The van der Waals surface area contributed by atoms with E-state index in [1.807, 2.05) is 6.07 Å². The molecular weight excluding hydrogens is 361 g/mol. The van der Waals surface area contributed by atoms with E-state index in [1.165, 1.54) is 37.3 Å². The summed E-state index contributed by atoms with van der Waals surface area (Å²) in [6, 6.07) is 11.4. The van der Waals surface area contributed by atoms with E-state index >= 15 is 0 Å². The first-order chi connectivity index (χ1) is 12.3. The van der Waals surface area contributed by atoms with Crippen LogP contribution >= 0.6 is 11.6 Å². The topological polar surface area (TPSA) is 106 Å². The van der Waals surface area contributed by atoms with Gasteiger partial charge in [0.1, 0.15) is 30.3 Å². The van der Waals surface area contributed by atoms with Crippen molar-refractivity contribution < 1.29 is 19.0 Å². The maximum atomic E-state index is 13.5. The highest BCUT2D eigenvalue weighted by Crippen LogP contribution is 2.22. The molecule has 2 rings (SSSR count). The normalized spacial score (nSPS) is 12.4. The van der Waals surface area contributed by atoms with Gasteiger partial charge in [0.15, 0.2) is 5.60 Å². The molecule has 0 spiro atoms. The molecule has 0 aliphatic rings. The van der Waals surface area contributed by atoms with E-state index in [2.05, 4.69) is 5.32 Å². The van der Waals surface area contributed by atoms with Crippen LogP contribution in [0.4, 0.5) is 10.1 Å². The van der Waals surface area contributed by atoms with Crippen LogP contribution < -0.4 is 10.1 Å². The molecule has 1 amide bonds. The highest BCUT2D eigenvalue weighted by molar-refractivity contribution is 6.32. The lowest BCUT2D eigenvalue weighted by Crippen LogP contribution is -2.45. The predicted molar refractivity (Wildman–Crippen MR) is 92.0 cm³/mol. The molecular formula is C18H13ClFN3O3. The monoisotopic (exact) mass is 373 g/mol. The second-order valence-corrected chi connectivity index (χ2v) is 5.98. The zero-order chi connectivity index (χ0) is 19.3. The number of carbonyl (C=O) groups excluding carboxylic acids is 1. The van der Waals surface area contributed by atoms with Gasteiger partial charge in [0.2, 0.25) is 0 Å². The standard InChI is InChI=1S/C18H13ClFN3O3/c1-18(25,10-26-14-5-3-12(9-22)16(20)7-14)17(24)23-13-4-2-11(8-21)15(19)6-13/h2-7,25H,10H2,1H3,(H,23,24)/t18-/m0/s1. The van der Waals surface area contributed by atoms with Gasteiger partial charge < -0.3 is 15.2 Å². The summed E-state index contributed by atoms with van der Waals surface area (Å²) in [6.45, 7) is 0.780. The Morgan fingerprint density at radius 2 is 1.92 bits per heavy atom. The van der Waals surface area contributed by atoms with Gasteiger partial charge >= 0.3 is 0 Å². The molecule has 0 saturated carbocycles. The molecule has 2 aromatic rings. The lowest BCUT2D eigenvalue weighted by molar-refractivity contribution is -0.135. The first-order valence-electron chi connectivity index (χ1n) is 7.33. The third-order valence-corrected chi connectivity index (χ3v) is 3.73. The third kappa shape index (κ3) is 4.48. The maximum Gasteiger partial charge on any atom is 0.259 e. The summed E-state index contributed by atoms with van der Waals surface area (Å²) in [4.78, 5) is 12.2. The molecule has 0 aliphatic heterocycles. The summed E-state index contributed by atoms with van der Waals surface area (Å²) in [7, 11) is 0. The van der Waals surface area contributed by atoms with E-state index in [1.54, 1.807) is 6.07 Å². The van der Waals surface area contributed by atoms with E-state index in [4.69, 9.17) is 26.9 Å². The molecule has 0 aromatic heterocycles. The second-order valence-electron chi connectivity index (χ2n) is 5.58. The molecule has 8 heteroatoms. The van der Waals surface area contributed by atoms with Gasteiger partial charge in [-0.1, -0.05) is 11.6 Å². The fourth-order valence-electron chi connectivity index (χ4n) is 1.91. The molecule has 0 radical (unpaired) electrons. The van der Waals surface area contributed by atoms with Gasteiger partial charge in [0, 0.05) is 11.8 Å². The molecule has 0 heterocycles. The Kier molecular flexibility index (Phi) is 5.78. The molecule has 6 nitrogen and oxygen atoms in total. The van der Waals surface area contributed by atoms with Crippen molar-refractivity contribution in [3.05, 3.63) is 58.4 Å². The number of carbonyl (C=O) groups is 1. The van der Waals surface area contributed by atoms with Gasteiger partial charge in [-0.25, -0.2) is 4.39 Å². The van der Waals surface area contributed by atoms with E-state index in [0.29, 0.717) is 5.69 Å². The number of hydrogen-bond acceptors (Lipinski definition) is 5. The van der Waals surface area contributed by atoms with Crippen LogP contribution in [0.2, 0.25) is 5.02 Å². The Balaban J connectivity index is 2.04. The van der Waals surface area contributed by atoms with Crippen molar-refractivity contribution in [2.75, 3.05) is 11.9 Å². The van der Waals surface area contributed by atoms with Crippen molar-refractivity contribution in [3.8, 4) is 17.9 Å². The van der Waals surface area contributed by atoms with Crippen molar-refractivity contribution in [1.29, 1.82) is 10.5 Å². The van der Waals surface area contributed by atoms with Crippen LogP contribution in [0.1, 0.15) is 18.1 Å². The van der Waals surface area contributed by atoms with Crippen LogP contribution in [0, 0.1) is 28.5 Å². The van der Waals surface area contributed by atoms with Crippen LogP contribution in [0.15, 0.2) is 36.4 Å². The summed E-state index contributed by atoms with van der Waals surface area (Å²) in [5, 5.41) is 30.4. The van der Waals surface area contributed by atoms with Crippen LogP contribution in [-0.4, -0.2) is 23.2 Å². The van der Waals surface area contributed by atoms with Crippen LogP contribution in [0.25, 0.3) is 0 Å². The number of aliphatic hydroxyl groups is 1. The molecule has 0 bridgehead atoms. The quantitative estimate of drug-likeness (QED) is 0.837. The average molecular weight is 374 g/mol. The smallest absolute Gasteiger partial charge is 0.259 e. The van der Waals surface area contributed by atoms with Gasteiger partial charge in [-0.2, -0.15) is 10.5 Å². The molecule has 0 saturated heterocycles. The van der Waals surface area contributed by atoms with Crippen LogP contribution in [0.3, 0.4) is 0 Å². The molecule has 2 aromatic carbocycles. The lowest BCUT2D eigenvalue weighted by atomic mass is 10.1. The maximum absolute atomic E-state index is 13.5. The largest absolute Gasteiger partial charge is 0.490 e. The predicted octanol–water partition coefficient (Wildman–Crippen LogP) is 2.99. The fraction of sp³-hybridized carbons (Fsp3) is 0.167. The Morgan fingerprint density at radius 1 is 1.27 bits per heavy atom. The van der Waals surface area contributed by atoms with E-state index in [9.17, 15) is 14.3 Å². The number of ether oxygens (including phenoxy) is 1. The summed E-state index contributed by atoms with van der Waals surface area (Å²) < 4.78 is 18.8. The van der Waals surface area contributed by atoms with Crippen molar-refractivity contribution in [2.45, 2.75) is 12.5 Å². The number of halogens is 2. The number of nitriles is 2. The number of anilines is 1. The minimum atomic E-state index is -1.93. The van der Waals surface area contributed by atoms with Crippen LogP contribution in [0.5, 0.6) is 5.75 Å². The van der Waals surface area contributed by atoms with Gasteiger partial charge in [0.25, 0.3) is 5.91 Å². The molecule has 2 N–H and O–H groups in total. The number of nitrogens with zero attached hydrogens (tertiary/aromatic N) is 2. The van der Waals surface area contributed by atoms with Crippen molar-refractivity contribution in [2.24, 2.45) is 0 Å². The number of nitrogens with one attached hydrogen (secondary N) is 1. The van der Waals surface area contributed by atoms with E-state index in [0.717, 1.165) is 6.07 Å².